The summed E-state index contributed by atoms with van der Waals surface area (Å²) in [4.78, 5) is 25.0. The highest BCUT2D eigenvalue weighted by atomic mass is 16.5. The number of aromatic nitrogens is 4. The average molecular weight is 329 g/mol. The Labute approximate surface area is 139 Å². The lowest BCUT2D eigenvalue weighted by Crippen LogP contribution is -2.44. The van der Waals surface area contributed by atoms with Crippen LogP contribution < -0.4 is 15.0 Å². The number of piperazine rings is 1. The minimum Gasteiger partial charge on any atom is -0.480 e. The van der Waals surface area contributed by atoms with Gasteiger partial charge in [0, 0.05) is 38.3 Å². The molecule has 9 nitrogen and oxygen atoms in total. The lowest BCUT2D eigenvalue weighted by atomic mass is 10.3. The fourth-order valence-corrected chi connectivity index (χ4v) is 2.35. The van der Waals surface area contributed by atoms with Gasteiger partial charge in [-0.3, -0.25) is 4.79 Å². The lowest BCUT2D eigenvalue weighted by Gasteiger charge is -2.33. The quantitative estimate of drug-likeness (QED) is 0.854. The number of hydrogen-bond acceptors (Lipinski definition) is 8. The molecule has 1 saturated heterocycles. The maximum Gasteiger partial charge on any atom is 0.277 e. The van der Waals surface area contributed by atoms with Gasteiger partial charge >= 0.3 is 0 Å². The second kappa shape index (κ2) is 7.18. The van der Waals surface area contributed by atoms with Crippen molar-refractivity contribution in [1.82, 2.24) is 25.1 Å². The average Bonchev–Trinajstić information content (AvgIpc) is 2.62. The number of likely N-dealkylation sites (N-methyl/N-ethyl adjacent to an activating group) is 1. The summed E-state index contributed by atoms with van der Waals surface area (Å²) in [5, 5.41) is 10.3. The van der Waals surface area contributed by atoms with E-state index in [1.54, 1.807) is 18.2 Å². The SMILES string of the molecule is COc1ccc(C(=O)Nc2cc(N3CCN(C)CC3)ncn2)nn1. The van der Waals surface area contributed by atoms with Gasteiger partial charge in [0.05, 0.1) is 7.11 Å². The van der Waals surface area contributed by atoms with Gasteiger partial charge in [0.2, 0.25) is 5.88 Å². The third kappa shape index (κ3) is 3.74. The van der Waals surface area contributed by atoms with E-state index in [0.717, 1.165) is 32.0 Å². The summed E-state index contributed by atoms with van der Waals surface area (Å²) in [6.45, 7) is 3.75. The van der Waals surface area contributed by atoms with Crippen LogP contribution in [-0.4, -0.2) is 71.3 Å². The molecule has 0 unspecified atom stereocenters. The Morgan fingerprint density at radius 2 is 1.96 bits per heavy atom. The monoisotopic (exact) mass is 329 g/mol. The predicted octanol–water partition coefficient (Wildman–Crippen LogP) is 0.279. The minimum absolute atomic E-state index is 0.190. The van der Waals surface area contributed by atoms with Crippen molar-refractivity contribution in [2.75, 3.05) is 50.6 Å². The zero-order chi connectivity index (χ0) is 16.9. The van der Waals surface area contributed by atoms with E-state index >= 15 is 0 Å². The van der Waals surface area contributed by atoms with Crippen LogP contribution in [0.25, 0.3) is 0 Å². The number of carbonyl (C=O) groups excluding carboxylic acids is 1. The van der Waals surface area contributed by atoms with Gasteiger partial charge in [0.1, 0.15) is 18.0 Å². The highest BCUT2D eigenvalue weighted by molar-refractivity contribution is 6.02. The molecule has 24 heavy (non-hydrogen) atoms. The first-order valence-electron chi connectivity index (χ1n) is 7.60. The van der Waals surface area contributed by atoms with Gasteiger partial charge in [-0.2, -0.15) is 0 Å². The Morgan fingerprint density at radius 3 is 2.62 bits per heavy atom. The van der Waals surface area contributed by atoms with Crippen LogP contribution in [0.2, 0.25) is 0 Å². The Hall–Kier alpha value is -2.81. The molecule has 2 aromatic heterocycles. The molecular weight excluding hydrogens is 310 g/mol. The van der Waals surface area contributed by atoms with E-state index in [-0.39, 0.29) is 11.6 Å². The van der Waals surface area contributed by atoms with Gasteiger partial charge in [-0.15, -0.1) is 10.2 Å². The molecule has 1 amide bonds. The van der Waals surface area contributed by atoms with Crippen molar-refractivity contribution in [3.05, 3.63) is 30.2 Å². The van der Waals surface area contributed by atoms with Crippen LogP contribution in [0, 0.1) is 0 Å². The minimum atomic E-state index is -0.381. The fraction of sp³-hybridized carbons (Fsp3) is 0.400. The number of nitrogens with zero attached hydrogens (tertiary/aromatic N) is 6. The topological polar surface area (TPSA) is 96.4 Å². The van der Waals surface area contributed by atoms with Gasteiger partial charge in [-0.1, -0.05) is 0 Å². The predicted molar refractivity (Wildman–Crippen MR) is 88.3 cm³/mol. The Balaban J connectivity index is 1.68. The molecular formula is C15H19N7O2. The molecule has 9 heteroatoms. The number of nitrogens with one attached hydrogen (secondary N) is 1. The van der Waals surface area contributed by atoms with Crippen LogP contribution in [0.15, 0.2) is 24.5 Å². The highest BCUT2D eigenvalue weighted by Crippen LogP contribution is 2.16. The van der Waals surface area contributed by atoms with Gasteiger partial charge in [0.15, 0.2) is 5.69 Å². The number of anilines is 2. The number of rotatable bonds is 4. The molecule has 0 radical (unpaired) electrons. The third-order valence-corrected chi connectivity index (χ3v) is 3.80. The van der Waals surface area contributed by atoms with E-state index in [1.807, 2.05) is 0 Å². The van der Waals surface area contributed by atoms with Crippen molar-refractivity contribution in [2.24, 2.45) is 0 Å². The standard InChI is InChI=1S/C15H19N7O2/c1-21-5-7-22(8-6-21)13-9-12(16-10-17-13)18-15(23)11-3-4-14(24-2)20-19-11/h3-4,9-10H,5-8H2,1-2H3,(H,16,17,18,23). The molecule has 0 atom stereocenters. The molecule has 3 rings (SSSR count). The third-order valence-electron chi connectivity index (χ3n) is 3.80. The van der Waals surface area contributed by atoms with Gasteiger partial charge < -0.3 is 19.9 Å². The summed E-state index contributed by atoms with van der Waals surface area (Å²) in [7, 11) is 3.59. The maximum atomic E-state index is 12.2. The second-order valence-electron chi connectivity index (χ2n) is 5.47. The molecule has 0 saturated carbocycles. The molecule has 1 fully saturated rings. The normalized spacial score (nSPS) is 15.2. The molecule has 3 heterocycles. The largest absolute Gasteiger partial charge is 0.480 e. The van der Waals surface area contributed by atoms with E-state index in [2.05, 4.69) is 42.3 Å². The summed E-state index contributed by atoms with van der Waals surface area (Å²) in [5.41, 5.74) is 0.190. The summed E-state index contributed by atoms with van der Waals surface area (Å²) in [6, 6.07) is 4.89. The highest BCUT2D eigenvalue weighted by Gasteiger charge is 2.16. The van der Waals surface area contributed by atoms with E-state index in [4.69, 9.17) is 4.74 Å². The van der Waals surface area contributed by atoms with E-state index in [1.165, 1.54) is 13.4 Å². The maximum absolute atomic E-state index is 12.2. The van der Waals surface area contributed by atoms with Crippen molar-refractivity contribution in [2.45, 2.75) is 0 Å². The van der Waals surface area contributed by atoms with Crippen LogP contribution in [0.3, 0.4) is 0 Å². The zero-order valence-corrected chi connectivity index (χ0v) is 13.6. The first-order valence-corrected chi connectivity index (χ1v) is 7.60. The number of carbonyl (C=O) groups is 1. The van der Waals surface area contributed by atoms with Gasteiger partial charge in [0.25, 0.3) is 5.91 Å². The molecule has 0 aromatic carbocycles. The number of amides is 1. The molecule has 1 aliphatic heterocycles. The molecule has 1 N–H and O–H groups in total. The Morgan fingerprint density at radius 1 is 1.17 bits per heavy atom. The first kappa shape index (κ1) is 16.1. The van der Waals surface area contributed by atoms with Gasteiger partial charge in [-0.25, -0.2) is 9.97 Å². The van der Waals surface area contributed by atoms with Crippen LogP contribution in [0.5, 0.6) is 5.88 Å². The molecule has 0 aliphatic carbocycles. The fourth-order valence-electron chi connectivity index (χ4n) is 2.35. The van der Waals surface area contributed by atoms with Crippen molar-refractivity contribution in [3.8, 4) is 5.88 Å². The molecule has 126 valence electrons. The van der Waals surface area contributed by atoms with Crippen LogP contribution in [0.4, 0.5) is 11.6 Å². The number of methoxy groups -OCH3 is 1. The molecule has 2 aromatic rings. The Bertz CT molecular complexity index is 699. The molecule has 0 spiro atoms. The zero-order valence-electron chi connectivity index (χ0n) is 13.6. The van der Waals surface area contributed by atoms with Gasteiger partial charge in [-0.05, 0) is 13.1 Å². The Kier molecular flexibility index (Phi) is 4.80. The summed E-state index contributed by atoms with van der Waals surface area (Å²) in [6.07, 6.45) is 1.45. The van der Waals surface area contributed by atoms with Crippen LogP contribution in [-0.2, 0) is 0 Å². The second-order valence-corrected chi connectivity index (χ2v) is 5.47. The van der Waals surface area contributed by atoms with E-state index < -0.39 is 0 Å². The smallest absolute Gasteiger partial charge is 0.277 e. The number of ether oxygens (including phenoxy) is 1. The summed E-state index contributed by atoms with van der Waals surface area (Å²) >= 11 is 0. The molecule has 0 bridgehead atoms. The van der Waals surface area contributed by atoms with E-state index in [0.29, 0.717) is 11.7 Å². The van der Waals surface area contributed by atoms with E-state index in [9.17, 15) is 4.79 Å². The first-order chi connectivity index (χ1) is 11.7. The van der Waals surface area contributed by atoms with Crippen molar-refractivity contribution in [1.29, 1.82) is 0 Å². The lowest BCUT2D eigenvalue weighted by molar-refractivity contribution is 0.102. The van der Waals surface area contributed by atoms with Crippen LogP contribution >= 0.6 is 0 Å². The van der Waals surface area contributed by atoms with Crippen molar-refractivity contribution in [3.63, 3.8) is 0 Å². The van der Waals surface area contributed by atoms with Crippen LogP contribution in [0.1, 0.15) is 10.5 Å². The van der Waals surface area contributed by atoms with Crippen molar-refractivity contribution >= 4 is 17.5 Å². The van der Waals surface area contributed by atoms with Crippen molar-refractivity contribution < 1.29 is 9.53 Å². The number of hydrogen-bond donors (Lipinski definition) is 1. The summed E-state index contributed by atoms with van der Waals surface area (Å²) < 4.78 is 4.92. The molecule has 1 aliphatic rings. The summed E-state index contributed by atoms with van der Waals surface area (Å²) in [5.74, 6) is 1.20.